The molecule has 3 aliphatic rings. The molecule has 2 atom stereocenters. The zero-order valence-electron chi connectivity index (χ0n) is 24.3. The molecule has 2 bridgehead atoms. The lowest BCUT2D eigenvalue weighted by Gasteiger charge is -2.47. The van der Waals surface area contributed by atoms with Crippen LogP contribution in [0, 0.1) is 24.7 Å². The Morgan fingerprint density at radius 1 is 1.05 bits per heavy atom. The number of nitrogens with zero attached hydrogens (tertiary/aromatic N) is 6. The van der Waals surface area contributed by atoms with Gasteiger partial charge < -0.3 is 14.5 Å². The number of hydrogen-bond donors (Lipinski definition) is 1. The summed E-state index contributed by atoms with van der Waals surface area (Å²) < 4.78 is 39.8. The average Bonchev–Trinajstić information content (AvgIpc) is 3.71. The molecule has 1 aromatic carbocycles. The highest BCUT2D eigenvalue weighted by molar-refractivity contribution is 7.90. The van der Waals surface area contributed by atoms with Crippen molar-refractivity contribution in [2.75, 3.05) is 11.9 Å². The number of esters is 1. The molecule has 0 saturated heterocycles. The number of anilines is 1. The zero-order chi connectivity index (χ0) is 30.4. The molecular formula is C31H31N7O5S. The summed E-state index contributed by atoms with van der Waals surface area (Å²) in [6.07, 6.45) is 9.81. The van der Waals surface area contributed by atoms with Crippen LogP contribution in [0.15, 0.2) is 70.7 Å². The number of carbonyl (C=O) groups excluding carboxylic acids is 1. The maximum absolute atomic E-state index is 13.8. The first kappa shape index (κ1) is 28.1. The summed E-state index contributed by atoms with van der Waals surface area (Å²) in [6.45, 7) is 4.02. The molecule has 0 unspecified atom stereocenters. The molecular weight excluding hydrogens is 582 g/mol. The Labute approximate surface area is 254 Å². The molecule has 3 fully saturated rings. The van der Waals surface area contributed by atoms with E-state index in [9.17, 15) is 13.2 Å². The molecule has 0 amide bonds. The van der Waals surface area contributed by atoms with Crippen LogP contribution in [0.5, 0.6) is 0 Å². The standard InChI is InChI=1S/C31H31N7O5S/c1-3-42-30(39)25-19-8-10-20(11-9-19)26(25)34-31-36-27(35-28(37-31)24-5-4-14-43-24)23-16-38(29-22(23)15-32-17-33-29)44(40,41)21-12-6-18(2)7-13-21/h4-7,12-17,19-20,25-26H,3,8-11H2,1-2H3,(H,34,35,36,37)/t19?,20?,25-,26-/m0/s1. The molecule has 3 aliphatic carbocycles. The van der Waals surface area contributed by atoms with E-state index in [0.717, 1.165) is 35.2 Å². The quantitative estimate of drug-likeness (QED) is 0.238. The molecule has 44 heavy (non-hydrogen) atoms. The average molecular weight is 614 g/mol. The van der Waals surface area contributed by atoms with Crippen molar-refractivity contribution in [2.45, 2.75) is 50.5 Å². The maximum atomic E-state index is 13.8. The Bertz CT molecular complexity index is 1930. The van der Waals surface area contributed by atoms with Gasteiger partial charge >= 0.3 is 5.97 Å². The van der Waals surface area contributed by atoms with Crippen LogP contribution < -0.4 is 5.32 Å². The molecule has 1 N–H and O–H groups in total. The summed E-state index contributed by atoms with van der Waals surface area (Å²) in [5.41, 5.74) is 1.54. The van der Waals surface area contributed by atoms with Gasteiger partial charge in [0.15, 0.2) is 17.2 Å². The van der Waals surface area contributed by atoms with Crippen LogP contribution in [-0.4, -0.2) is 55.9 Å². The number of aryl methyl sites for hydroxylation is 1. The summed E-state index contributed by atoms with van der Waals surface area (Å²) >= 11 is 0. The Hall–Kier alpha value is -4.65. The fourth-order valence-corrected chi connectivity index (χ4v) is 7.91. The van der Waals surface area contributed by atoms with Crippen LogP contribution in [0.1, 0.15) is 38.2 Å². The second kappa shape index (κ2) is 11.1. The number of hydrogen-bond acceptors (Lipinski definition) is 11. The molecule has 226 valence electrons. The van der Waals surface area contributed by atoms with Gasteiger partial charge in [0.25, 0.3) is 10.0 Å². The number of nitrogens with one attached hydrogen (secondary N) is 1. The molecule has 12 nitrogen and oxygen atoms in total. The molecule has 0 aliphatic heterocycles. The summed E-state index contributed by atoms with van der Waals surface area (Å²) in [4.78, 5) is 35.8. The first-order valence-corrected chi connectivity index (χ1v) is 16.1. The predicted octanol–water partition coefficient (Wildman–Crippen LogP) is 4.87. The molecule has 3 saturated carbocycles. The molecule has 4 heterocycles. The summed E-state index contributed by atoms with van der Waals surface area (Å²) in [6, 6.07) is 9.88. The van der Waals surface area contributed by atoms with Crippen molar-refractivity contribution >= 4 is 33.0 Å². The van der Waals surface area contributed by atoms with E-state index in [1.807, 2.05) is 13.8 Å². The third-order valence-electron chi connectivity index (χ3n) is 8.71. The number of rotatable bonds is 8. The normalized spacial score (nSPS) is 21.4. The third-order valence-corrected chi connectivity index (χ3v) is 10.4. The molecule has 4 aromatic heterocycles. The molecule has 13 heteroatoms. The van der Waals surface area contributed by atoms with Gasteiger partial charge in [-0.1, -0.05) is 17.7 Å². The first-order chi connectivity index (χ1) is 21.3. The minimum Gasteiger partial charge on any atom is -0.466 e. The van der Waals surface area contributed by atoms with Gasteiger partial charge in [-0.25, -0.2) is 27.3 Å². The van der Waals surface area contributed by atoms with Gasteiger partial charge in [-0.3, -0.25) is 4.79 Å². The van der Waals surface area contributed by atoms with Gasteiger partial charge in [-0.15, -0.1) is 0 Å². The van der Waals surface area contributed by atoms with Crippen molar-refractivity contribution in [3.8, 4) is 23.0 Å². The van der Waals surface area contributed by atoms with E-state index in [0.29, 0.717) is 23.3 Å². The minimum atomic E-state index is -4.01. The highest BCUT2D eigenvalue weighted by atomic mass is 32.2. The molecule has 0 radical (unpaired) electrons. The predicted molar refractivity (Wildman–Crippen MR) is 161 cm³/mol. The Morgan fingerprint density at radius 2 is 1.80 bits per heavy atom. The Kier molecular flexibility index (Phi) is 7.11. The maximum Gasteiger partial charge on any atom is 0.311 e. The lowest BCUT2D eigenvalue weighted by molar-refractivity contribution is -0.154. The zero-order valence-corrected chi connectivity index (χ0v) is 25.1. The van der Waals surface area contributed by atoms with Crippen molar-refractivity contribution in [1.82, 2.24) is 28.9 Å². The highest BCUT2D eigenvalue weighted by Crippen LogP contribution is 2.46. The highest BCUT2D eigenvalue weighted by Gasteiger charge is 2.48. The van der Waals surface area contributed by atoms with E-state index in [2.05, 4.69) is 25.3 Å². The van der Waals surface area contributed by atoms with Gasteiger partial charge in [0, 0.05) is 29.4 Å². The lowest BCUT2D eigenvalue weighted by atomic mass is 9.61. The van der Waals surface area contributed by atoms with E-state index >= 15 is 0 Å². The Morgan fingerprint density at radius 3 is 2.52 bits per heavy atom. The second-order valence-corrected chi connectivity index (χ2v) is 13.1. The summed E-state index contributed by atoms with van der Waals surface area (Å²) in [5.74, 6) is 1.10. The topological polar surface area (TPSA) is 155 Å². The van der Waals surface area contributed by atoms with E-state index in [4.69, 9.17) is 14.1 Å². The van der Waals surface area contributed by atoms with E-state index in [1.54, 1.807) is 42.6 Å². The number of furan rings is 1. The van der Waals surface area contributed by atoms with Crippen molar-refractivity contribution in [3.05, 3.63) is 66.9 Å². The SMILES string of the molecule is CCOC(=O)[C@H]1C2CCC(CC2)[C@@H]1Nc1nc(-c2ccco2)nc(-c2cn(S(=O)(=O)c3ccc(C)cc3)c3ncncc23)n1. The number of ether oxygens (including phenoxy) is 1. The van der Waals surface area contributed by atoms with Gasteiger partial charge in [0.1, 0.15) is 6.33 Å². The van der Waals surface area contributed by atoms with Crippen LogP contribution in [-0.2, 0) is 19.6 Å². The summed E-state index contributed by atoms with van der Waals surface area (Å²) in [7, 11) is -4.01. The fraction of sp³-hybridized carbons (Fsp3) is 0.355. The van der Waals surface area contributed by atoms with Crippen LogP contribution >= 0.6 is 0 Å². The minimum absolute atomic E-state index is 0.122. The number of benzene rings is 1. The number of fused-ring (bicyclic) bond motifs is 4. The monoisotopic (exact) mass is 613 g/mol. The van der Waals surface area contributed by atoms with Gasteiger partial charge in [-0.2, -0.15) is 9.97 Å². The smallest absolute Gasteiger partial charge is 0.311 e. The molecule has 0 spiro atoms. The van der Waals surface area contributed by atoms with Crippen molar-refractivity contribution in [1.29, 1.82) is 0 Å². The first-order valence-electron chi connectivity index (χ1n) is 14.7. The van der Waals surface area contributed by atoms with Gasteiger partial charge in [0.2, 0.25) is 11.8 Å². The Balaban J connectivity index is 1.35. The molecule has 8 rings (SSSR count). The third kappa shape index (κ3) is 4.90. The van der Waals surface area contributed by atoms with Crippen molar-refractivity contribution < 1.29 is 22.4 Å². The largest absolute Gasteiger partial charge is 0.466 e. The lowest BCUT2D eigenvalue weighted by Crippen LogP contribution is -2.52. The van der Waals surface area contributed by atoms with E-state index in [-0.39, 0.29) is 57.9 Å². The van der Waals surface area contributed by atoms with Gasteiger partial charge in [0.05, 0.1) is 23.7 Å². The van der Waals surface area contributed by atoms with E-state index < -0.39 is 10.0 Å². The van der Waals surface area contributed by atoms with Crippen LogP contribution in [0.25, 0.3) is 34.0 Å². The van der Waals surface area contributed by atoms with E-state index in [1.165, 1.54) is 18.8 Å². The van der Waals surface area contributed by atoms with Crippen LogP contribution in [0.3, 0.4) is 0 Å². The number of aromatic nitrogens is 6. The van der Waals surface area contributed by atoms with Crippen LogP contribution in [0.4, 0.5) is 5.95 Å². The van der Waals surface area contributed by atoms with Crippen molar-refractivity contribution in [2.24, 2.45) is 17.8 Å². The number of carbonyl (C=O) groups is 1. The van der Waals surface area contributed by atoms with Gasteiger partial charge in [-0.05, 0) is 75.6 Å². The van der Waals surface area contributed by atoms with Crippen molar-refractivity contribution in [3.63, 3.8) is 0 Å². The fourth-order valence-electron chi connectivity index (χ4n) is 6.58. The second-order valence-electron chi connectivity index (χ2n) is 11.3. The summed E-state index contributed by atoms with van der Waals surface area (Å²) in [5, 5.41) is 3.92. The molecule has 5 aromatic rings. The van der Waals surface area contributed by atoms with Crippen LogP contribution in [0.2, 0.25) is 0 Å².